The molecule has 0 N–H and O–H groups in total. The lowest BCUT2D eigenvalue weighted by atomic mass is 9.72. The van der Waals surface area contributed by atoms with E-state index in [1.165, 1.54) is 24.8 Å². The van der Waals surface area contributed by atoms with Gasteiger partial charge in [0.1, 0.15) is 0 Å². The van der Waals surface area contributed by atoms with Gasteiger partial charge in [-0.15, -0.1) is 0 Å². The minimum absolute atomic E-state index is 0.392. The SMILES string of the molecule is CCC[C@H]1CC(=O)C=C2C[C@@H]3[C@H]([C@@H]21)C3(C)C. The van der Waals surface area contributed by atoms with Gasteiger partial charge in [0.25, 0.3) is 0 Å². The van der Waals surface area contributed by atoms with Crippen LogP contribution in [0, 0.1) is 29.1 Å². The molecule has 16 heavy (non-hydrogen) atoms. The highest BCUT2D eigenvalue weighted by molar-refractivity contribution is 5.92. The van der Waals surface area contributed by atoms with Crippen LogP contribution in [0.5, 0.6) is 0 Å². The van der Waals surface area contributed by atoms with E-state index in [1.807, 2.05) is 6.08 Å². The Bertz CT molecular complexity index is 364. The van der Waals surface area contributed by atoms with Crippen molar-refractivity contribution in [3.05, 3.63) is 11.6 Å². The summed E-state index contributed by atoms with van der Waals surface area (Å²) in [4.78, 5) is 11.7. The number of rotatable bonds is 2. The molecule has 0 aromatic carbocycles. The predicted molar refractivity (Wildman–Crippen MR) is 65.0 cm³/mol. The number of fused-ring (bicyclic) bond motifs is 3. The Balaban J connectivity index is 1.89. The molecule has 88 valence electrons. The molecule has 0 bridgehead atoms. The second-order valence-electron chi connectivity index (χ2n) is 6.62. The van der Waals surface area contributed by atoms with Crippen molar-refractivity contribution in [2.24, 2.45) is 29.1 Å². The van der Waals surface area contributed by atoms with Crippen molar-refractivity contribution in [3.8, 4) is 0 Å². The van der Waals surface area contributed by atoms with E-state index >= 15 is 0 Å². The van der Waals surface area contributed by atoms with Crippen molar-refractivity contribution in [2.45, 2.75) is 46.5 Å². The van der Waals surface area contributed by atoms with Crippen molar-refractivity contribution >= 4 is 5.78 Å². The van der Waals surface area contributed by atoms with Gasteiger partial charge in [-0.05, 0) is 48.0 Å². The third-order valence-electron chi connectivity index (χ3n) is 5.39. The largest absolute Gasteiger partial charge is 0.295 e. The zero-order valence-electron chi connectivity index (χ0n) is 10.6. The fraction of sp³-hybridized carbons (Fsp3) is 0.800. The van der Waals surface area contributed by atoms with E-state index in [0.717, 1.165) is 24.2 Å². The summed E-state index contributed by atoms with van der Waals surface area (Å²) in [6, 6.07) is 0. The summed E-state index contributed by atoms with van der Waals surface area (Å²) in [6.45, 7) is 7.07. The van der Waals surface area contributed by atoms with Crippen LogP contribution in [0.1, 0.15) is 46.5 Å². The van der Waals surface area contributed by atoms with Crippen LogP contribution in [-0.4, -0.2) is 5.78 Å². The van der Waals surface area contributed by atoms with Crippen LogP contribution in [-0.2, 0) is 4.79 Å². The van der Waals surface area contributed by atoms with Crippen molar-refractivity contribution < 1.29 is 4.79 Å². The number of allylic oxidation sites excluding steroid dienone is 2. The molecule has 0 spiro atoms. The molecule has 4 atom stereocenters. The average molecular weight is 218 g/mol. The maximum atomic E-state index is 11.7. The maximum Gasteiger partial charge on any atom is 0.155 e. The fourth-order valence-corrected chi connectivity index (χ4v) is 4.56. The van der Waals surface area contributed by atoms with Crippen LogP contribution >= 0.6 is 0 Å². The molecular formula is C15H22O. The molecule has 2 saturated carbocycles. The third kappa shape index (κ3) is 1.26. The first-order chi connectivity index (χ1) is 7.55. The normalized spacial score (nSPS) is 43.7. The summed E-state index contributed by atoms with van der Waals surface area (Å²) in [7, 11) is 0. The van der Waals surface area contributed by atoms with Gasteiger partial charge in [0.05, 0.1) is 0 Å². The smallest absolute Gasteiger partial charge is 0.155 e. The zero-order chi connectivity index (χ0) is 11.5. The first-order valence-corrected chi connectivity index (χ1v) is 6.79. The summed E-state index contributed by atoms with van der Waals surface area (Å²) in [5.74, 6) is 3.59. The van der Waals surface area contributed by atoms with Crippen molar-refractivity contribution in [1.82, 2.24) is 0 Å². The first-order valence-electron chi connectivity index (χ1n) is 6.79. The summed E-state index contributed by atoms with van der Waals surface area (Å²) >= 11 is 0. The molecule has 1 heteroatoms. The number of ketones is 1. The summed E-state index contributed by atoms with van der Waals surface area (Å²) in [5, 5.41) is 0. The van der Waals surface area contributed by atoms with E-state index in [4.69, 9.17) is 0 Å². The number of hydrogen-bond donors (Lipinski definition) is 0. The molecular weight excluding hydrogens is 196 g/mol. The molecule has 0 aliphatic heterocycles. The van der Waals surface area contributed by atoms with Crippen molar-refractivity contribution in [1.29, 1.82) is 0 Å². The Labute approximate surface area is 98.3 Å². The van der Waals surface area contributed by atoms with E-state index in [2.05, 4.69) is 20.8 Å². The topological polar surface area (TPSA) is 17.1 Å². The predicted octanol–water partition coefficient (Wildman–Crippen LogP) is 3.59. The molecule has 2 fully saturated rings. The molecule has 3 rings (SSSR count). The van der Waals surface area contributed by atoms with Crippen LogP contribution in [0.3, 0.4) is 0 Å². The molecule has 1 nitrogen and oxygen atoms in total. The second kappa shape index (κ2) is 3.21. The van der Waals surface area contributed by atoms with Crippen LogP contribution in [0.2, 0.25) is 0 Å². The summed E-state index contributed by atoms with van der Waals surface area (Å²) in [5.41, 5.74) is 2.07. The molecule has 3 aliphatic carbocycles. The molecule has 0 aromatic heterocycles. The van der Waals surface area contributed by atoms with Gasteiger partial charge in [-0.1, -0.05) is 32.8 Å². The van der Waals surface area contributed by atoms with Gasteiger partial charge in [0.2, 0.25) is 0 Å². The minimum atomic E-state index is 0.392. The quantitative estimate of drug-likeness (QED) is 0.692. The van der Waals surface area contributed by atoms with E-state index in [-0.39, 0.29) is 0 Å². The van der Waals surface area contributed by atoms with Crippen molar-refractivity contribution in [3.63, 3.8) is 0 Å². The monoisotopic (exact) mass is 218 g/mol. The lowest BCUT2D eigenvalue weighted by Crippen LogP contribution is -2.26. The molecule has 0 heterocycles. The number of carbonyl (C=O) groups is 1. The Morgan fingerprint density at radius 1 is 1.38 bits per heavy atom. The molecule has 0 aromatic rings. The maximum absolute atomic E-state index is 11.7. The highest BCUT2D eigenvalue weighted by atomic mass is 16.1. The van der Waals surface area contributed by atoms with E-state index in [0.29, 0.717) is 17.1 Å². The van der Waals surface area contributed by atoms with Gasteiger partial charge < -0.3 is 0 Å². The zero-order valence-corrected chi connectivity index (χ0v) is 10.6. The fourth-order valence-electron chi connectivity index (χ4n) is 4.56. The Morgan fingerprint density at radius 3 is 2.81 bits per heavy atom. The van der Waals surface area contributed by atoms with Gasteiger partial charge in [-0.3, -0.25) is 4.79 Å². The molecule has 3 aliphatic rings. The molecule has 0 saturated heterocycles. The van der Waals surface area contributed by atoms with Gasteiger partial charge in [-0.25, -0.2) is 0 Å². The van der Waals surface area contributed by atoms with Crippen LogP contribution < -0.4 is 0 Å². The van der Waals surface area contributed by atoms with Gasteiger partial charge in [0.15, 0.2) is 5.78 Å². The molecule has 0 amide bonds. The third-order valence-corrected chi connectivity index (χ3v) is 5.39. The molecule has 0 radical (unpaired) electrons. The summed E-state index contributed by atoms with van der Waals surface area (Å²) in [6.07, 6.45) is 6.49. The van der Waals surface area contributed by atoms with E-state index in [9.17, 15) is 4.79 Å². The first kappa shape index (κ1) is 10.6. The second-order valence-corrected chi connectivity index (χ2v) is 6.62. The summed E-state index contributed by atoms with van der Waals surface area (Å²) < 4.78 is 0. The lowest BCUT2D eigenvalue weighted by Gasteiger charge is -2.31. The van der Waals surface area contributed by atoms with Gasteiger partial charge >= 0.3 is 0 Å². The van der Waals surface area contributed by atoms with Crippen molar-refractivity contribution in [2.75, 3.05) is 0 Å². The highest BCUT2D eigenvalue weighted by Crippen LogP contribution is 2.72. The minimum Gasteiger partial charge on any atom is -0.295 e. The Hall–Kier alpha value is -0.590. The van der Waals surface area contributed by atoms with E-state index in [1.54, 1.807) is 0 Å². The molecule has 0 unspecified atom stereocenters. The van der Waals surface area contributed by atoms with Crippen LogP contribution in [0.25, 0.3) is 0 Å². The van der Waals surface area contributed by atoms with Crippen LogP contribution in [0.15, 0.2) is 11.6 Å². The number of hydrogen-bond acceptors (Lipinski definition) is 1. The highest BCUT2D eigenvalue weighted by Gasteiger charge is 2.66. The van der Waals surface area contributed by atoms with Gasteiger partial charge in [-0.2, -0.15) is 0 Å². The lowest BCUT2D eigenvalue weighted by molar-refractivity contribution is -0.116. The Kier molecular flexibility index (Phi) is 2.12. The Morgan fingerprint density at radius 2 is 2.12 bits per heavy atom. The average Bonchev–Trinajstić information content (AvgIpc) is 2.60. The number of carbonyl (C=O) groups excluding carboxylic acids is 1. The van der Waals surface area contributed by atoms with Crippen LogP contribution in [0.4, 0.5) is 0 Å². The van der Waals surface area contributed by atoms with Gasteiger partial charge in [0, 0.05) is 6.42 Å². The van der Waals surface area contributed by atoms with E-state index < -0.39 is 0 Å². The standard InChI is InChI=1S/C15H22O/c1-4-5-9-6-11(16)7-10-8-12-14(13(9)10)15(12,2)3/h7,9,12-14H,4-6,8H2,1-3H3/t9-,12+,13+,14+/m0/s1.